The third-order valence-electron chi connectivity index (χ3n) is 2.44. The van der Waals surface area contributed by atoms with Gasteiger partial charge in [0.25, 0.3) is 5.91 Å². The molecule has 0 unspecified atom stereocenters. The molecule has 0 N–H and O–H groups in total. The molecule has 3 nitrogen and oxygen atoms in total. The molecule has 76 valence electrons. The van der Waals surface area contributed by atoms with Crippen LogP contribution in [-0.4, -0.2) is 27.8 Å². The number of halogens is 1. The summed E-state index contributed by atoms with van der Waals surface area (Å²) in [5.74, 6) is 0.482. The minimum Gasteiger partial charge on any atom is -0.459 e. The van der Waals surface area contributed by atoms with Gasteiger partial charge in [-0.05, 0) is 25.0 Å². The number of rotatable bonds is 1. The first-order valence-electron chi connectivity index (χ1n) is 4.74. The maximum absolute atomic E-state index is 11.8. The summed E-state index contributed by atoms with van der Waals surface area (Å²) in [5.41, 5.74) is 0. The van der Waals surface area contributed by atoms with E-state index in [-0.39, 0.29) is 5.91 Å². The van der Waals surface area contributed by atoms with E-state index in [1.807, 2.05) is 4.90 Å². The quantitative estimate of drug-likeness (QED) is 0.589. The molecule has 0 aliphatic carbocycles. The molecule has 0 saturated carbocycles. The number of hydrogen-bond donors (Lipinski definition) is 0. The molecule has 1 aliphatic heterocycles. The Bertz CT molecular complexity index is 302. The molecular formula is C10H12INO2. The minimum atomic E-state index is 0.0262. The van der Waals surface area contributed by atoms with Gasteiger partial charge in [0.15, 0.2) is 5.76 Å². The topological polar surface area (TPSA) is 33.5 Å². The average Bonchev–Trinajstić information content (AvgIpc) is 2.71. The Labute approximate surface area is 96.6 Å². The second kappa shape index (κ2) is 4.33. The summed E-state index contributed by atoms with van der Waals surface area (Å²) in [6.45, 7) is 1.71. The highest BCUT2D eigenvalue weighted by Gasteiger charge is 2.23. The Morgan fingerprint density at radius 1 is 1.50 bits per heavy atom. The van der Waals surface area contributed by atoms with Crippen molar-refractivity contribution in [3.8, 4) is 0 Å². The van der Waals surface area contributed by atoms with E-state index < -0.39 is 0 Å². The van der Waals surface area contributed by atoms with Gasteiger partial charge in [0.1, 0.15) is 0 Å². The van der Waals surface area contributed by atoms with Gasteiger partial charge in [-0.15, -0.1) is 0 Å². The number of alkyl halides is 1. The Kier molecular flexibility index (Phi) is 3.10. The van der Waals surface area contributed by atoms with Crippen LogP contribution in [0.25, 0.3) is 0 Å². The van der Waals surface area contributed by atoms with E-state index in [9.17, 15) is 4.79 Å². The van der Waals surface area contributed by atoms with Crippen LogP contribution in [0.1, 0.15) is 23.4 Å². The third-order valence-corrected chi connectivity index (χ3v) is 3.69. The summed E-state index contributed by atoms with van der Waals surface area (Å²) in [4.78, 5) is 13.7. The molecule has 14 heavy (non-hydrogen) atoms. The molecule has 2 heterocycles. The molecular weight excluding hydrogens is 293 g/mol. The van der Waals surface area contributed by atoms with Crippen LogP contribution in [0.3, 0.4) is 0 Å². The van der Waals surface area contributed by atoms with Crippen molar-refractivity contribution in [2.45, 2.75) is 16.8 Å². The normalized spacial score (nSPS) is 18.5. The fourth-order valence-electron chi connectivity index (χ4n) is 1.61. The Balaban J connectivity index is 1.99. The SMILES string of the molecule is O=C(c1ccco1)N1CCC(I)CC1. The summed E-state index contributed by atoms with van der Waals surface area (Å²) in [6.07, 6.45) is 3.72. The van der Waals surface area contributed by atoms with Crippen molar-refractivity contribution in [3.05, 3.63) is 24.2 Å². The van der Waals surface area contributed by atoms with E-state index in [2.05, 4.69) is 22.6 Å². The van der Waals surface area contributed by atoms with Crippen molar-refractivity contribution in [3.63, 3.8) is 0 Å². The van der Waals surface area contributed by atoms with Crippen molar-refractivity contribution in [1.29, 1.82) is 0 Å². The highest BCUT2D eigenvalue weighted by Crippen LogP contribution is 2.19. The lowest BCUT2D eigenvalue weighted by Crippen LogP contribution is -2.38. The maximum atomic E-state index is 11.8. The molecule has 1 aliphatic rings. The molecule has 0 spiro atoms. The van der Waals surface area contributed by atoms with E-state index in [4.69, 9.17) is 4.42 Å². The molecule has 4 heteroatoms. The van der Waals surface area contributed by atoms with Crippen LogP contribution in [-0.2, 0) is 0 Å². The second-order valence-corrected chi connectivity index (χ2v) is 5.21. The van der Waals surface area contributed by atoms with Crippen molar-refractivity contribution < 1.29 is 9.21 Å². The van der Waals surface area contributed by atoms with E-state index in [0.717, 1.165) is 25.9 Å². The lowest BCUT2D eigenvalue weighted by Gasteiger charge is -2.28. The number of amides is 1. The summed E-state index contributed by atoms with van der Waals surface area (Å²) in [6, 6.07) is 3.47. The molecule has 1 saturated heterocycles. The van der Waals surface area contributed by atoms with E-state index in [0.29, 0.717) is 9.68 Å². The van der Waals surface area contributed by atoms with E-state index in [1.54, 1.807) is 12.1 Å². The Hall–Kier alpha value is -0.520. The van der Waals surface area contributed by atoms with Crippen molar-refractivity contribution in [2.24, 2.45) is 0 Å². The Morgan fingerprint density at radius 2 is 2.21 bits per heavy atom. The lowest BCUT2D eigenvalue weighted by atomic mass is 10.1. The van der Waals surface area contributed by atoms with Crippen molar-refractivity contribution >= 4 is 28.5 Å². The van der Waals surface area contributed by atoms with Crippen molar-refractivity contribution in [1.82, 2.24) is 4.90 Å². The van der Waals surface area contributed by atoms with Crippen LogP contribution < -0.4 is 0 Å². The van der Waals surface area contributed by atoms with Gasteiger partial charge in [-0.3, -0.25) is 4.79 Å². The molecule has 0 radical (unpaired) electrons. The monoisotopic (exact) mass is 305 g/mol. The summed E-state index contributed by atoms with van der Waals surface area (Å²) >= 11 is 2.44. The maximum Gasteiger partial charge on any atom is 0.289 e. The number of nitrogens with zero attached hydrogens (tertiary/aromatic N) is 1. The summed E-state index contributed by atoms with van der Waals surface area (Å²) in [5, 5.41) is 0. The predicted octanol–water partition coefficient (Wildman–Crippen LogP) is 2.32. The molecule has 1 aromatic rings. The van der Waals surface area contributed by atoms with Gasteiger partial charge >= 0.3 is 0 Å². The Morgan fingerprint density at radius 3 is 2.79 bits per heavy atom. The third kappa shape index (κ3) is 2.10. The average molecular weight is 305 g/mol. The zero-order valence-electron chi connectivity index (χ0n) is 7.78. The van der Waals surface area contributed by atoms with Crippen LogP contribution in [0.4, 0.5) is 0 Å². The first kappa shape index (κ1) is 10.0. The molecule has 2 rings (SSSR count). The van der Waals surface area contributed by atoms with E-state index >= 15 is 0 Å². The van der Waals surface area contributed by atoms with Gasteiger partial charge < -0.3 is 9.32 Å². The summed E-state index contributed by atoms with van der Waals surface area (Å²) < 4.78 is 5.80. The number of furan rings is 1. The predicted molar refractivity (Wildman–Crippen MR) is 61.7 cm³/mol. The second-order valence-electron chi connectivity index (χ2n) is 3.44. The fraction of sp³-hybridized carbons (Fsp3) is 0.500. The number of carbonyl (C=O) groups excluding carboxylic acids is 1. The van der Waals surface area contributed by atoms with Crippen LogP contribution in [0, 0.1) is 0 Å². The standard InChI is InChI=1S/C10H12INO2/c11-8-3-5-12(6-4-8)10(13)9-2-1-7-14-9/h1-2,7-8H,3-6H2. The molecule has 1 aromatic heterocycles. The van der Waals surface area contributed by atoms with Gasteiger partial charge in [0.05, 0.1) is 6.26 Å². The first-order chi connectivity index (χ1) is 6.77. The minimum absolute atomic E-state index is 0.0262. The largest absolute Gasteiger partial charge is 0.459 e. The zero-order chi connectivity index (χ0) is 9.97. The molecule has 0 atom stereocenters. The smallest absolute Gasteiger partial charge is 0.289 e. The van der Waals surface area contributed by atoms with E-state index in [1.165, 1.54) is 6.26 Å². The van der Waals surface area contributed by atoms with Gasteiger partial charge in [-0.25, -0.2) is 0 Å². The van der Waals surface area contributed by atoms with Gasteiger partial charge in [-0.1, -0.05) is 22.6 Å². The van der Waals surface area contributed by atoms with Crippen molar-refractivity contribution in [2.75, 3.05) is 13.1 Å². The fourth-order valence-corrected chi connectivity index (χ4v) is 2.16. The van der Waals surface area contributed by atoms with Gasteiger partial charge in [0.2, 0.25) is 0 Å². The van der Waals surface area contributed by atoms with Gasteiger partial charge in [0, 0.05) is 17.0 Å². The number of hydrogen-bond acceptors (Lipinski definition) is 2. The number of likely N-dealkylation sites (tertiary alicyclic amines) is 1. The van der Waals surface area contributed by atoms with Crippen LogP contribution in [0.5, 0.6) is 0 Å². The molecule has 1 fully saturated rings. The summed E-state index contributed by atoms with van der Waals surface area (Å²) in [7, 11) is 0. The molecule has 0 bridgehead atoms. The highest BCUT2D eigenvalue weighted by molar-refractivity contribution is 14.1. The number of carbonyl (C=O) groups is 1. The molecule has 1 amide bonds. The highest BCUT2D eigenvalue weighted by atomic mass is 127. The van der Waals surface area contributed by atoms with Crippen LogP contribution in [0.15, 0.2) is 22.8 Å². The van der Waals surface area contributed by atoms with Gasteiger partial charge in [-0.2, -0.15) is 0 Å². The molecule has 0 aromatic carbocycles. The first-order valence-corrected chi connectivity index (χ1v) is 5.99. The van der Waals surface area contributed by atoms with Crippen LogP contribution >= 0.6 is 22.6 Å². The van der Waals surface area contributed by atoms with Crippen LogP contribution in [0.2, 0.25) is 0 Å². The zero-order valence-corrected chi connectivity index (χ0v) is 9.94. The lowest BCUT2D eigenvalue weighted by molar-refractivity contribution is 0.0697. The number of piperidine rings is 1.